The number of rotatable bonds is 3. The molecule has 1 fully saturated rings. The van der Waals surface area contributed by atoms with Crippen molar-refractivity contribution in [1.29, 1.82) is 0 Å². The molecule has 1 saturated heterocycles. The smallest absolute Gasteiger partial charge is 0.237 e. The van der Waals surface area contributed by atoms with Gasteiger partial charge in [0, 0.05) is 51.1 Å². The fourth-order valence-corrected chi connectivity index (χ4v) is 3.64. The Kier molecular flexibility index (Phi) is 4.81. The molecule has 7 heteroatoms. The highest BCUT2D eigenvalue weighted by Crippen LogP contribution is 2.32. The molecule has 0 aliphatic carbocycles. The van der Waals surface area contributed by atoms with Crippen LogP contribution in [0.25, 0.3) is 0 Å². The maximum absolute atomic E-state index is 14.6. The van der Waals surface area contributed by atoms with Crippen molar-refractivity contribution in [2.24, 2.45) is 4.99 Å². The first-order valence-electron chi connectivity index (χ1n) is 9.27. The maximum Gasteiger partial charge on any atom is 0.237 e. The Labute approximate surface area is 162 Å². The van der Waals surface area contributed by atoms with E-state index < -0.39 is 5.92 Å². The standard InChI is InChI=1S/C21H21FN4O2/c1-14(27)25-8-10-26(11-9-25)20-7-6-15(12-18(20)22)23-13-17-16-4-2-3-5-19(16)24-21(17)28/h2-7,12-13,17H,8-11H2,1H3,(H,24,28). The predicted molar refractivity (Wildman–Crippen MR) is 107 cm³/mol. The quantitative estimate of drug-likeness (QED) is 0.833. The Morgan fingerprint density at radius 3 is 2.64 bits per heavy atom. The van der Waals surface area contributed by atoms with Crippen molar-refractivity contribution in [3.8, 4) is 0 Å². The Balaban J connectivity index is 1.47. The molecule has 0 aromatic heterocycles. The van der Waals surface area contributed by atoms with E-state index in [4.69, 9.17) is 0 Å². The molecule has 0 spiro atoms. The number of nitrogens with one attached hydrogen (secondary N) is 1. The van der Waals surface area contributed by atoms with E-state index in [0.717, 1.165) is 11.3 Å². The number of amides is 2. The Bertz CT molecular complexity index is 951. The third-order valence-electron chi connectivity index (χ3n) is 5.21. The minimum Gasteiger partial charge on any atom is -0.366 e. The van der Waals surface area contributed by atoms with E-state index in [1.807, 2.05) is 29.2 Å². The first kappa shape index (κ1) is 18.2. The first-order chi connectivity index (χ1) is 13.5. The number of nitrogens with zero attached hydrogens (tertiary/aromatic N) is 3. The molecule has 6 nitrogen and oxygen atoms in total. The van der Waals surface area contributed by atoms with Gasteiger partial charge in [0.25, 0.3) is 0 Å². The predicted octanol–water partition coefficient (Wildman–Crippen LogP) is 2.93. The van der Waals surface area contributed by atoms with Gasteiger partial charge in [-0.15, -0.1) is 0 Å². The van der Waals surface area contributed by atoms with Gasteiger partial charge in [0.05, 0.1) is 11.4 Å². The van der Waals surface area contributed by atoms with Crippen molar-refractivity contribution < 1.29 is 14.0 Å². The molecule has 1 atom stereocenters. The summed E-state index contributed by atoms with van der Waals surface area (Å²) in [4.78, 5) is 31.6. The average Bonchev–Trinajstić information content (AvgIpc) is 3.01. The van der Waals surface area contributed by atoms with Crippen LogP contribution in [-0.2, 0) is 9.59 Å². The Morgan fingerprint density at radius 1 is 1.18 bits per heavy atom. The number of carbonyl (C=O) groups excluding carboxylic acids is 2. The Morgan fingerprint density at radius 2 is 1.93 bits per heavy atom. The van der Waals surface area contributed by atoms with Gasteiger partial charge in [0.2, 0.25) is 11.8 Å². The van der Waals surface area contributed by atoms with Gasteiger partial charge in [0.15, 0.2) is 0 Å². The van der Waals surface area contributed by atoms with E-state index in [9.17, 15) is 14.0 Å². The minimum absolute atomic E-state index is 0.0438. The number of hydrogen-bond acceptors (Lipinski definition) is 4. The fraction of sp³-hybridized carbons (Fsp3) is 0.286. The zero-order valence-electron chi connectivity index (χ0n) is 15.6. The summed E-state index contributed by atoms with van der Waals surface area (Å²) in [7, 11) is 0. The van der Waals surface area contributed by atoms with Gasteiger partial charge in [-0.25, -0.2) is 4.39 Å². The lowest BCUT2D eigenvalue weighted by Crippen LogP contribution is -2.48. The van der Waals surface area contributed by atoms with Crippen LogP contribution in [0.5, 0.6) is 0 Å². The van der Waals surface area contributed by atoms with Crippen LogP contribution in [0.3, 0.4) is 0 Å². The largest absolute Gasteiger partial charge is 0.366 e. The van der Waals surface area contributed by atoms with Crippen LogP contribution >= 0.6 is 0 Å². The van der Waals surface area contributed by atoms with Crippen molar-refractivity contribution in [3.63, 3.8) is 0 Å². The van der Waals surface area contributed by atoms with Gasteiger partial charge in [-0.2, -0.15) is 0 Å². The maximum atomic E-state index is 14.6. The monoisotopic (exact) mass is 380 g/mol. The van der Waals surface area contributed by atoms with Gasteiger partial charge in [-0.1, -0.05) is 18.2 Å². The van der Waals surface area contributed by atoms with Crippen LogP contribution in [0.15, 0.2) is 47.5 Å². The van der Waals surface area contributed by atoms with Gasteiger partial charge in [-0.3, -0.25) is 14.6 Å². The zero-order valence-corrected chi connectivity index (χ0v) is 15.6. The van der Waals surface area contributed by atoms with Gasteiger partial charge in [-0.05, 0) is 23.8 Å². The molecule has 1 unspecified atom stereocenters. The molecular formula is C21H21FN4O2. The summed E-state index contributed by atoms with van der Waals surface area (Å²) >= 11 is 0. The van der Waals surface area contributed by atoms with Gasteiger partial charge >= 0.3 is 0 Å². The number of benzene rings is 2. The zero-order chi connectivity index (χ0) is 19.7. The summed E-state index contributed by atoms with van der Waals surface area (Å²) < 4.78 is 14.6. The van der Waals surface area contributed by atoms with Crippen LogP contribution in [0.4, 0.5) is 21.5 Å². The van der Waals surface area contributed by atoms with Crippen molar-refractivity contribution in [2.75, 3.05) is 36.4 Å². The van der Waals surface area contributed by atoms with E-state index in [0.29, 0.717) is 37.6 Å². The Hall–Kier alpha value is -3.22. The lowest BCUT2D eigenvalue weighted by molar-refractivity contribution is -0.129. The van der Waals surface area contributed by atoms with E-state index in [-0.39, 0.29) is 17.6 Å². The van der Waals surface area contributed by atoms with Crippen molar-refractivity contribution in [3.05, 3.63) is 53.8 Å². The van der Waals surface area contributed by atoms with E-state index in [1.165, 1.54) is 6.07 Å². The molecule has 2 aromatic rings. The van der Waals surface area contributed by atoms with E-state index in [2.05, 4.69) is 10.3 Å². The fourth-order valence-electron chi connectivity index (χ4n) is 3.64. The highest BCUT2D eigenvalue weighted by atomic mass is 19.1. The number of para-hydroxylation sites is 1. The number of hydrogen-bond donors (Lipinski definition) is 1. The number of anilines is 2. The lowest BCUT2D eigenvalue weighted by Gasteiger charge is -2.35. The summed E-state index contributed by atoms with van der Waals surface area (Å²) in [6.45, 7) is 3.91. The number of fused-ring (bicyclic) bond motifs is 1. The number of carbonyl (C=O) groups is 2. The molecular weight excluding hydrogens is 359 g/mol. The van der Waals surface area contributed by atoms with Crippen LogP contribution in [0, 0.1) is 5.82 Å². The van der Waals surface area contributed by atoms with Crippen LogP contribution in [0.1, 0.15) is 18.4 Å². The molecule has 0 saturated carbocycles. The molecule has 4 rings (SSSR count). The molecule has 0 bridgehead atoms. The molecule has 144 valence electrons. The summed E-state index contributed by atoms with van der Waals surface area (Å²) in [5, 5.41) is 2.82. The third-order valence-corrected chi connectivity index (χ3v) is 5.21. The van der Waals surface area contributed by atoms with Gasteiger partial charge in [0.1, 0.15) is 11.7 Å². The van der Waals surface area contributed by atoms with E-state index >= 15 is 0 Å². The van der Waals surface area contributed by atoms with Crippen molar-refractivity contribution >= 4 is 35.1 Å². The highest BCUT2D eigenvalue weighted by Gasteiger charge is 2.28. The molecule has 28 heavy (non-hydrogen) atoms. The van der Waals surface area contributed by atoms with Crippen LogP contribution in [0.2, 0.25) is 0 Å². The molecule has 2 aliphatic heterocycles. The SMILES string of the molecule is CC(=O)N1CCN(c2ccc(N=CC3C(=O)Nc4ccccc43)cc2F)CC1. The van der Waals surface area contributed by atoms with Crippen molar-refractivity contribution in [2.45, 2.75) is 12.8 Å². The molecule has 1 N–H and O–H groups in total. The third kappa shape index (κ3) is 3.47. The summed E-state index contributed by atoms with van der Waals surface area (Å²) in [6, 6.07) is 12.3. The first-order valence-corrected chi connectivity index (χ1v) is 9.27. The second-order valence-corrected chi connectivity index (χ2v) is 6.96. The summed E-state index contributed by atoms with van der Waals surface area (Å²) in [5.74, 6) is -0.923. The summed E-state index contributed by atoms with van der Waals surface area (Å²) in [5.41, 5.74) is 2.62. The topological polar surface area (TPSA) is 65.0 Å². The molecule has 2 aromatic carbocycles. The lowest BCUT2D eigenvalue weighted by atomic mass is 10.0. The normalized spacial score (nSPS) is 19.1. The number of halogens is 1. The van der Waals surface area contributed by atoms with E-state index in [1.54, 1.807) is 30.2 Å². The minimum atomic E-state index is -0.474. The molecule has 2 heterocycles. The second kappa shape index (κ2) is 7.42. The highest BCUT2D eigenvalue weighted by molar-refractivity contribution is 6.12. The van der Waals surface area contributed by atoms with Crippen molar-refractivity contribution in [1.82, 2.24) is 4.90 Å². The average molecular weight is 380 g/mol. The second-order valence-electron chi connectivity index (χ2n) is 6.96. The number of aliphatic imine (C=N–C) groups is 1. The molecule has 0 radical (unpaired) electrons. The summed E-state index contributed by atoms with van der Waals surface area (Å²) in [6.07, 6.45) is 1.56. The van der Waals surface area contributed by atoms with Crippen LogP contribution in [-0.4, -0.2) is 49.1 Å². The van der Waals surface area contributed by atoms with Crippen LogP contribution < -0.4 is 10.2 Å². The molecule has 2 aliphatic rings. The number of piperazine rings is 1. The van der Waals surface area contributed by atoms with Gasteiger partial charge < -0.3 is 15.1 Å². The molecule has 2 amide bonds.